The van der Waals surface area contributed by atoms with Crippen LogP contribution >= 0.6 is 0 Å². The topological polar surface area (TPSA) is 119 Å². The zero-order valence-electron chi connectivity index (χ0n) is 18.7. The highest BCUT2D eigenvalue weighted by Gasteiger charge is 2.24. The van der Waals surface area contributed by atoms with Gasteiger partial charge in [-0.1, -0.05) is 24.3 Å². The first-order chi connectivity index (χ1) is 15.8. The van der Waals surface area contributed by atoms with Gasteiger partial charge in [-0.25, -0.2) is 13.2 Å². The molecule has 2 aromatic carbocycles. The lowest BCUT2D eigenvalue weighted by Crippen LogP contribution is -2.31. The fraction of sp³-hybridized carbons (Fsp3) is 0.348. The van der Waals surface area contributed by atoms with E-state index in [9.17, 15) is 22.8 Å². The van der Waals surface area contributed by atoms with Crippen LogP contribution in [0.15, 0.2) is 59.5 Å². The second-order valence-electron chi connectivity index (χ2n) is 6.87. The molecule has 2 rings (SSSR count). The van der Waals surface area contributed by atoms with Crippen LogP contribution in [0.3, 0.4) is 0 Å². The van der Waals surface area contributed by atoms with E-state index in [0.717, 1.165) is 0 Å². The Hall–Kier alpha value is -3.40. The highest BCUT2D eigenvalue weighted by Crippen LogP contribution is 2.24. The fourth-order valence-corrected chi connectivity index (χ4v) is 4.48. The number of hydrogen-bond acceptors (Lipinski definition) is 7. The number of anilines is 1. The van der Waals surface area contributed by atoms with Crippen molar-refractivity contribution in [3.05, 3.63) is 60.2 Å². The molecule has 0 aliphatic heterocycles. The van der Waals surface area contributed by atoms with Gasteiger partial charge in [0, 0.05) is 19.5 Å². The van der Waals surface area contributed by atoms with Gasteiger partial charge < -0.3 is 14.8 Å². The number of amides is 1. The van der Waals surface area contributed by atoms with Crippen molar-refractivity contribution in [3.63, 3.8) is 0 Å². The normalized spacial score (nSPS) is 10.8. The van der Waals surface area contributed by atoms with Crippen LogP contribution in [0, 0.1) is 0 Å². The number of ether oxygens (including phenoxy) is 2. The number of nitrogens with one attached hydrogen (secondary N) is 1. The van der Waals surface area contributed by atoms with Crippen molar-refractivity contribution in [1.29, 1.82) is 0 Å². The number of carbonyl (C=O) groups is 3. The standard InChI is InChI=1S/C23H28N2O7S/c1-3-25(19-11-6-5-7-12-19)33(29,30)20-13-8-10-18(16-20)23(28)32-17-21(26)24-15-9-14-22(27)31-4-2/h5-8,10-13,16H,3-4,9,14-15,17H2,1-2H3,(H,24,26). The van der Waals surface area contributed by atoms with Gasteiger partial charge in [0.25, 0.3) is 15.9 Å². The van der Waals surface area contributed by atoms with Gasteiger partial charge in [0.15, 0.2) is 6.61 Å². The van der Waals surface area contributed by atoms with E-state index in [1.54, 1.807) is 44.2 Å². The minimum atomic E-state index is -3.91. The van der Waals surface area contributed by atoms with E-state index in [2.05, 4.69) is 5.32 Å². The van der Waals surface area contributed by atoms with Crippen LogP contribution in [0.25, 0.3) is 0 Å². The summed E-state index contributed by atoms with van der Waals surface area (Å²) in [5.74, 6) is -1.70. The molecule has 9 nitrogen and oxygen atoms in total. The highest BCUT2D eigenvalue weighted by molar-refractivity contribution is 7.92. The Morgan fingerprint density at radius 1 is 0.970 bits per heavy atom. The average Bonchev–Trinajstić information content (AvgIpc) is 2.81. The number of sulfonamides is 1. The van der Waals surface area contributed by atoms with Crippen molar-refractivity contribution in [2.75, 3.05) is 30.6 Å². The summed E-state index contributed by atoms with van der Waals surface area (Å²) in [4.78, 5) is 35.4. The number of hydrogen-bond donors (Lipinski definition) is 1. The molecule has 0 aliphatic rings. The Morgan fingerprint density at radius 2 is 1.70 bits per heavy atom. The Bertz CT molecular complexity index is 1060. The highest BCUT2D eigenvalue weighted by atomic mass is 32.2. The molecule has 0 spiro atoms. The first-order valence-electron chi connectivity index (χ1n) is 10.6. The van der Waals surface area contributed by atoms with Crippen LogP contribution in [0.1, 0.15) is 37.0 Å². The first kappa shape index (κ1) is 25.9. The van der Waals surface area contributed by atoms with Crippen molar-refractivity contribution in [2.45, 2.75) is 31.6 Å². The molecule has 1 amide bonds. The molecule has 1 N–H and O–H groups in total. The number of nitrogens with zero attached hydrogens (tertiary/aromatic N) is 1. The van der Waals surface area contributed by atoms with E-state index in [4.69, 9.17) is 9.47 Å². The SMILES string of the molecule is CCOC(=O)CCCNC(=O)COC(=O)c1cccc(S(=O)(=O)N(CC)c2ccccc2)c1. The monoisotopic (exact) mass is 476 g/mol. The quantitative estimate of drug-likeness (QED) is 0.369. The Morgan fingerprint density at radius 3 is 2.36 bits per heavy atom. The average molecular weight is 477 g/mol. The van der Waals surface area contributed by atoms with E-state index in [1.807, 2.05) is 0 Å². The molecule has 0 bridgehead atoms. The second kappa shape index (κ2) is 12.6. The van der Waals surface area contributed by atoms with Crippen LogP contribution in [-0.4, -0.2) is 52.6 Å². The van der Waals surface area contributed by atoms with Crippen molar-refractivity contribution in [1.82, 2.24) is 5.32 Å². The lowest BCUT2D eigenvalue weighted by atomic mass is 10.2. The third-order valence-corrected chi connectivity index (χ3v) is 6.41. The molecular weight excluding hydrogens is 448 g/mol. The summed E-state index contributed by atoms with van der Waals surface area (Å²) in [6, 6.07) is 14.1. The van der Waals surface area contributed by atoms with Crippen LogP contribution in [-0.2, 0) is 29.1 Å². The predicted molar refractivity (Wildman–Crippen MR) is 122 cm³/mol. The lowest BCUT2D eigenvalue weighted by Gasteiger charge is -2.23. The van der Waals surface area contributed by atoms with Crippen LogP contribution in [0.4, 0.5) is 5.69 Å². The van der Waals surface area contributed by atoms with Crippen molar-refractivity contribution >= 4 is 33.6 Å². The number of esters is 2. The largest absolute Gasteiger partial charge is 0.466 e. The van der Waals surface area contributed by atoms with Gasteiger partial charge in [0.1, 0.15) is 0 Å². The molecule has 0 fully saturated rings. The molecule has 0 aliphatic carbocycles. The number of carbonyl (C=O) groups excluding carboxylic acids is 3. The molecule has 0 aromatic heterocycles. The van der Waals surface area contributed by atoms with Crippen LogP contribution in [0.5, 0.6) is 0 Å². The lowest BCUT2D eigenvalue weighted by molar-refractivity contribution is -0.143. The molecule has 0 atom stereocenters. The Balaban J connectivity index is 1.96. The van der Waals surface area contributed by atoms with Crippen molar-refractivity contribution in [3.8, 4) is 0 Å². The molecule has 0 saturated carbocycles. The summed E-state index contributed by atoms with van der Waals surface area (Å²) >= 11 is 0. The molecule has 10 heteroatoms. The summed E-state index contributed by atoms with van der Waals surface area (Å²) in [7, 11) is -3.91. The van der Waals surface area contributed by atoms with E-state index >= 15 is 0 Å². The molecular formula is C23H28N2O7S. The van der Waals surface area contributed by atoms with Crippen LogP contribution < -0.4 is 9.62 Å². The van der Waals surface area contributed by atoms with E-state index < -0.39 is 28.5 Å². The molecule has 0 radical (unpaired) electrons. The molecule has 0 heterocycles. The molecule has 33 heavy (non-hydrogen) atoms. The van der Waals surface area contributed by atoms with E-state index in [-0.39, 0.29) is 35.9 Å². The van der Waals surface area contributed by atoms with Gasteiger partial charge in [-0.3, -0.25) is 13.9 Å². The number of rotatable bonds is 12. The van der Waals surface area contributed by atoms with Gasteiger partial charge in [-0.2, -0.15) is 0 Å². The molecule has 178 valence electrons. The fourth-order valence-electron chi connectivity index (χ4n) is 2.96. The Labute approximate surface area is 193 Å². The summed E-state index contributed by atoms with van der Waals surface area (Å²) in [6.07, 6.45) is 0.570. The predicted octanol–water partition coefficient (Wildman–Crippen LogP) is 2.52. The maximum Gasteiger partial charge on any atom is 0.338 e. The van der Waals surface area contributed by atoms with Gasteiger partial charge in [-0.05, 0) is 50.6 Å². The maximum atomic E-state index is 13.1. The van der Waals surface area contributed by atoms with Gasteiger partial charge >= 0.3 is 11.9 Å². The maximum absolute atomic E-state index is 13.1. The first-order valence-corrected chi connectivity index (χ1v) is 12.0. The number of para-hydroxylation sites is 1. The van der Waals surface area contributed by atoms with Gasteiger partial charge in [-0.15, -0.1) is 0 Å². The Kier molecular flexibility index (Phi) is 9.86. The van der Waals surface area contributed by atoms with Crippen molar-refractivity contribution < 1.29 is 32.3 Å². The van der Waals surface area contributed by atoms with Crippen LogP contribution in [0.2, 0.25) is 0 Å². The summed E-state index contributed by atoms with van der Waals surface area (Å²) in [5.41, 5.74) is 0.517. The third-order valence-electron chi connectivity index (χ3n) is 4.51. The second-order valence-corrected chi connectivity index (χ2v) is 8.73. The molecule has 2 aromatic rings. The summed E-state index contributed by atoms with van der Waals surface area (Å²) < 4.78 is 37.3. The zero-order chi connectivity index (χ0) is 24.3. The van der Waals surface area contributed by atoms with Crippen molar-refractivity contribution in [2.24, 2.45) is 0 Å². The molecule has 0 saturated heterocycles. The summed E-state index contributed by atoms with van der Waals surface area (Å²) in [6.45, 7) is 3.63. The summed E-state index contributed by atoms with van der Waals surface area (Å²) in [5, 5.41) is 2.54. The molecule has 0 unspecified atom stereocenters. The van der Waals surface area contributed by atoms with E-state index in [0.29, 0.717) is 18.7 Å². The zero-order valence-corrected chi connectivity index (χ0v) is 19.5. The third kappa shape index (κ3) is 7.60. The minimum absolute atomic E-state index is 0.00954. The van der Waals surface area contributed by atoms with E-state index in [1.165, 1.54) is 28.6 Å². The van der Waals surface area contributed by atoms with Gasteiger partial charge in [0.05, 0.1) is 22.8 Å². The minimum Gasteiger partial charge on any atom is -0.466 e. The van der Waals surface area contributed by atoms with Gasteiger partial charge in [0.2, 0.25) is 0 Å². The smallest absolute Gasteiger partial charge is 0.338 e. The number of benzene rings is 2.